The first-order chi connectivity index (χ1) is 7.16. The highest BCUT2D eigenvalue weighted by Crippen LogP contribution is 2.44. The van der Waals surface area contributed by atoms with Crippen LogP contribution in [0.1, 0.15) is 17.9 Å². The predicted molar refractivity (Wildman–Crippen MR) is 61.7 cm³/mol. The van der Waals surface area contributed by atoms with Crippen LogP contribution >= 0.6 is 15.9 Å². The molecule has 1 aromatic rings. The van der Waals surface area contributed by atoms with Crippen molar-refractivity contribution in [2.45, 2.75) is 18.5 Å². The molecule has 1 aromatic carbocycles. The number of carbonyl (C=O) groups is 1. The van der Waals surface area contributed by atoms with Crippen molar-refractivity contribution in [3.05, 3.63) is 28.2 Å². The summed E-state index contributed by atoms with van der Waals surface area (Å²) in [6.07, 6.45) is 0.777. The van der Waals surface area contributed by atoms with Crippen LogP contribution in [0.5, 0.6) is 0 Å². The Bertz CT molecular complexity index is 446. The lowest BCUT2D eigenvalue weighted by Gasteiger charge is -2.19. The zero-order valence-corrected chi connectivity index (χ0v) is 9.91. The first-order valence-electron chi connectivity index (χ1n) is 4.98. The molecule has 0 bridgehead atoms. The maximum absolute atomic E-state index is 11.6. The number of likely N-dealkylation sites (tertiary alicyclic amines) is 1. The highest BCUT2D eigenvalue weighted by atomic mass is 79.9. The number of amides is 1. The molecule has 4 heteroatoms. The van der Waals surface area contributed by atoms with Crippen LogP contribution < -0.4 is 5.32 Å². The van der Waals surface area contributed by atoms with E-state index in [2.05, 4.69) is 33.4 Å². The van der Waals surface area contributed by atoms with E-state index in [1.54, 1.807) is 4.90 Å². The van der Waals surface area contributed by atoms with Gasteiger partial charge in [0.2, 0.25) is 5.91 Å². The van der Waals surface area contributed by atoms with Gasteiger partial charge in [-0.1, -0.05) is 15.9 Å². The molecule has 1 saturated heterocycles. The van der Waals surface area contributed by atoms with Crippen molar-refractivity contribution in [3.63, 3.8) is 0 Å². The van der Waals surface area contributed by atoms with Crippen LogP contribution in [-0.4, -0.2) is 24.0 Å². The standard InChI is InChI=1S/C11H11BrN2O/c1-14-10(15)5-8-7-4-6(12)2-3-9(7)13-11(8)14/h2-4,8,11,13H,5H2,1H3. The Kier molecular flexibility index (Phi) is 1.83. The lowest BCUT2D eigenvalue weighted by molar-refractivity contribution is -0.127. The summed E-state index contributed by atoms with van der Waals surface area (Å²) in [7, 11) is 1.86. The molecule has 2 aliphatic rings. The van der Waals surface area contributed by atoms with Crippen LogP contribution in [0.25, 0.3) is 0 Å². The molecular formula is C11H11BrN2O. The Labute approximate surface area is 96.6 Å². The molecule has 1 fully saturated rings. The van der Waals surface area contributed by atoms with Crippen molar-refractivity contribution < 1.29 is 4.79 Å². The van der Waals surface area contributed by atoms with Crippen molar-refractivity contribution >= 4 is 27.5 Å². The predicted octanol–water partition coefficient (Wildman–Crippen LogP) is 2.15. The minimum atomic E-state index is 0.154. The Morgan fingerprint density at radius 2 is 2.33 bits per heavy atom. The molecule has 0 saturated carbocycles. The molecule has 3 rings (SSSR count). The van der Waals surface area contributed by atoms with E-state index in [0.717, 1.165) is 10.2 Å². The zero-order chi connectivity index (χ0) is 10.6. The Morgan fingerprint density at radius 3 is 3.13 bits per heavy atom. The van der Waals surface area contributed by atoms with E-state index in [9.17, 15) is 4.79 Å². The van der Waals surface area contributed by atoms with Crippen LogP contribution in [0.2, 0.25) is 0 Å². The number of benzene rings is 1. The molecule has 2 aliphatic heterocycles. The zero-order valence-electron chi connectivity index (χ0n) is 8.33. The summed E-state index contributed by atoms with van der Waals surface area (Å²) >= 11 is 3.47. The minimum absolute atomic E-state index is 0.154. The van der Waals surface area contributed by atoms with Gasteiger partial charge >= 0.3 is 0 Å². The largest absolute Gasteiger partial charge is 0.364 e. The summed E-state index contributed by atoms with van der Waals surface area (Å²) in [5.74, 6) is 0.540. The third-order valence-electron chi connectivity index (χ3n) is 3.30. The number of carbonyl (C=O) groups excluding carboxylic acids is 1. The number of rotatable bonds is 0. The van der Waals surface area contributed by atoms with E-state index in [1.165, 1.54) is 5.56 Å². The topological polar surface area (TPSA) is 32.3 Å². The lowest BCUT2D eigenvalue weighted by atomic mass is 9.98. The summed E-state index contributed by atoms with van der Waals surface area (Å²) in [5, 5.41) is 3.39. The Balaban J connectivity index is 2.06. The third kappa shape index (κ3) is 1.21. The Morgan fingerprint density at radius 1 is 1.53 bits per heavy atom. The Hall–Kier alpha value is -1.03. The fourth-order valence-electron chi connectivity index (χ4n) is 2.48. The maximum atomic E-state index is 11.6. The van der Waals surface area contributed by atoms with Crippen LogP contribution in [0.3, 0.4) is 0 Å². The number of nitrogens with one attached hydrogen (secondary N) is 1. The van der Waals surface area contributed by atoms with E-state index >= 15 is 0 Å². The second-order valence-corrected chi connectivity index (χ2v) is 5.05. The average molecular weight is 267 g/mol. The first kappa shape index (κ1) is 9.21. The molecule has 0 aromatic heterocycles. The minimum Gasteiger partial charge on any atom is -0.364 e. The molecule has 1 N–H and O–H groups in total. The van der Waals surface area contributed by atoms with Crippen LogP contribution in [0.4, 0.5) is 5.69 Å². The van der Waals surface area contributed by atoms with Gasteiger partial charge in [0.15, 0.2) is 0 Å². The summed E-state index contributed by atoms with van der Waals surface area (Å²) in [6.45, 7) is 0. The van der Waals surface area contributed by atoms with Crippen molar-refractivity contribution in [1.29, 1.82) is 0 Å². The number of hydrogen-bond donors (Lipinski definition) is 1. The molecule has 0 radical (unpaired) electrons. The van der Waals surface area contributed by atoms with Gasteiger partial charge in [-0.05, 0) is 23.8 Å². The first-order valence-corrected chi connectivity index (χ1v) is 5.78. The molecule has 3 nitrogen and oxygen atoms in total. The summed E-state index contributed by atoms with van der Waals surface area (Å²) in [5.41, 5.74) is 2.42. The van der Waals surface area contributed by atoms with Crippen molar-refractivity contribution in [2.24, 2.45) is 0 Å². The molecule has 2 atom stereocenters. The van der Waals surface area contributed by atoms with E-state index in [-0.39, 0.29) is 12.1 Å². The van der Waals surface area contributed by atoms with Gasteiger partial charge in [0.05, 0.1) is 0 Å². The summed E-state index contributed by atoms with van der Waals surface area (Å²) in [6, 6.07) is 6.20. The molecule has 78 valence electrons. The number of fused-ring (bicyclic) bond motifs is 3. The number of nitrogens with zero attached hydrogens (tertiary/aromatic N) is 1. The van der Waals surface area contributed by atoms with Gasteiger partial charge < -0.3 is 10.2 Å². The van der Waals surface area contributed by atoms with Gasteiger partial charge in [-0.25, -0.2) is 0 Å². The second-order valence-electron chi connectivity index (χ2n) is 4.14. The fraction of sp³-hybridized carbons (Fsp3) is 0.364. The fourth-order valence-corrected chi connectivity index (χ4v) is 2.86. The van der Waals surface area contributed by atoms with E-state index in [0.29, 0.717) is 12.3 Å². The van der Waals surface area contributed by atoms with Gasteiger partial charge in [0, 0.05) is 29.5 Å². The molecule has 0 spiro atoms. The maximum Gasteiger partial charge on any atom is 0.224 e. The SMILES string of the molecule is CN1C(=O)CC2c3cc(Br)ccc3NC21. The molecule has 15 heavy (non-hydrogen) atoms. The van der Waals surface area contributed by atoms with Crippen LogP contribution in [0.15, 0.2) is 22.7 Å². The number of likely N-dealkylation sites (N-methyl/N-ethyl adjacent to an activating group) is 1. The molecule has 2 unspecified atom stereocenters. The quantitative estimate of drug-likeness (QED) is 0.781. The number of hydrogen-bond acceptors (Lipinski definition) is 2. The van der Waals surface area contributed by atoms with Crippen molar-refractivity contribution in [3.8, 4) is 0 Å². The van der Waals surface area contributed by atoms with Crippen LogP contribution in [-0.2, 0) is 4.79 Å². The second kappa shape index (κ2) is 2.98. The van der Waals surface area contributed by atoms with E-state index in [4.69, 9.17) is 0 Å². The summed E-state index contributed by atoms with van der Waals surface area (Å²) in [4.78, 5) is 13.4. The highest BCUT2D eigenvalue weighted by molar-refractivity contribution is 9.10. The van der Waals surface area contributed by atoms with Gasteiger partial charge in [-0.3, -0.25) is 4.79 Å². The summed E-state index contributed by atoms with van der Waals surface area (Å²) < 4.78 is 1.07. The van der Waals surface area contributed by atoms with E-state index in [1.807, 2.05) is 13.1 Å². The molecule has 2 heterocycles. The lowest BCUT2D eigenvalue weighted by Crippen LogP contribution is -2.34. The molecular weight excluding hydrogens is 256 g/mol. The molecule has 0 aliphatic carbocycles. The van der Waals surface area contributed by atoms with Crippen molar-refractivity contribution in [1.82, 2.24) is 4.90 Å². The molecule has 1 amide bonds. The normalized spacial score (nSPS) is 27.6. The highest BCUT2D eigenvalue weighted by Gasteiger charge is 2.43. The monoisotopic (exact) mass is 266 g/mol. The van der Waals surface area contributed by atoms with Gasteiger partial charge in [-0.15, -0.1) is 0 Å². The number of anilines is 1. The van der Waals surface area contributed by atoms with Gasteiger partial charge in [0.25, 0.3) is 0 Å². The van der Waals surface area contributed by atoms with E-state index < -0.39 is 0 Å². The van der Waals surface area contributed by atoms with Crippen LogP contribution in [0, 0.1) is 0 Å². The van der Waals surface area contributed by atoms with Gasteiger partial charge in [0.1, 0.15) is 6.17 Å². The van der Waals surface area contributed by atoms with Gasteiger partial charge in [-0.2, -0.15) is 0 Å². The smallest absolute Gasteiger partial charge is 0.224 e. The van der Waals surface area contributed by atoms with Crippen molar-refractivity contribution in [2.75, 3.05) is 12.4 Å². The number of halogens is 1. The third-order valence-corrected chi connectivity index (χ3v) is 3.80. The average Bonchev–Trinajstić information content (AvgIpc) is 2.67.